The number of non-ortho nitro benzene ring substituents is 1. The van der Waals surface area contributed by atoms with Crippen LogP contribution in [-0.4, -0.2) is 20.6 Å². The second-order valence-electron chi connectivity index (χ2n) is 9.47. The van der Waals surface area contributed by atoms with E-state index in [-0.39, 0.29) is 29.5 Å². The smallest absolute Gasteiger partial charge is 0.276 e. The number of carbonyl (C=O) groups excluding carboxylic acids is 1. The fraction of sp³-hybridized carbons (Fsp3) is 0.241. The second-order valence-corrected chi connectivity index (χ2v) is 9.47. The van der Waals surface area contributed by atoms with Crippen molar-refractivity contribution in [2.24, 2.45) is 0 Å². The van der Waals surface area contributed by atoms with Gasteiger partial charge in [0.05, 0.1) is 16.7 Å². The van der Waals surface area contributed by atoms with Gasteiger partial charge >= 0.3 is 0 Å². The van der Waals surface area contributed by atoms with Crippen molar-refractivity contribution in [1.82, 2.24) is 9.78 Å². The first-order chi connectivity index (χ1) is 18.1. The van der Waals surface area contributed by atoms with E-state index in [0.29, 0.717) is 17.4 Å². The Bertz CT molecular complexity index is 1480. The number of benzene rings is 3. The third kappa shape index (κ3) is 6.36. The van der Waals surface area contributed by atoms with E-state index in [1.54, 1.807) is 18.3 Å². The van der Waals surface area contributed by atoms with Crippen LogP contribution >= 0.6 is 0 Å². The number of nitro benzene ring substituents is 1. The molecule has 9 nitrogen and oxygen atoms in total. The number of nitrogens with one attached hydrogen (secondary N) is 1. The molecule has 0 spiro atoms. The van der Waals surface area contributed by atoms with Gasteiger partial charge in [-0.3, -0.25) is 14.9 Å². The van der Waals surface area contributed by atoms with E-state index in [4.69, 9.17) is 9.47 Å². The number of amides is 1. The number of hydrogen-bond acceptors (Lipinski definition) is 6. The predicted octanol–water partition coefficient (Wildman–Crippen LogP) is 6.92. The lowest BCUT2D eigenvalue weighted by Gasteiger charge is -2.13. The number of nitrogens with zero attached hydrogens (tertiary/aromatic N) is 3. The molecule has 3 aromatic carbocycles. The van der Waals surface area contributed by atoms with Crippen molar-refractivity contribution in [2.45, 2.75) is 47.3 Å². The Kier molecular flexibility index (Phi) is 7.76. The highest BCUT2D eigenvalue weighted by Gasteiger charge is 2.16. The zero-order valence-corrected chi connectivity index (χ0v) is 22.0. The van der Waals surface area contributed by atoms with Gasteiger partial charge in [-0.2, -0.15) is 5.10 Å². The minimum Gasteiger partial charge on any atom is -0.471 e. The average Bonchev–Trinajstić information content (AvgIpc) is 3.35. The molecule has 0 aliphatic heterocycles. The topological polar surface area (TPSA) is 109 Å². The summed E-state index contributed by atoms with van der Waals surface area (Å²) in [5.74, 6) is 1.45. The Morgan fingerprint density at radius 2 is 1.76 bits per heavy atom. The van der Waals surface area contributed by atoms with Crippen LogP contribution in [-0.2, 0) is 6.73 Å². The van der Waals surface area contributed by atoms with Crippen molar-refractivity contribution in [2.75, 3.05) is 5.32 Å². The Balaban J connectivity index is 1.46. The quantitative estimate of drug-likeness (QED) is 0.192. The van der Waals surface area contributed by atoms with Gasteiger partial charge in [0.2, 0.25) is 0 Å². The van der Waals surface area contributed by atoms with Crippen molar-refractivity contribution in [3.63, 3.8) is 0 Å². The van der Waals surface area contributed by atoms with Gasteiger partial charge in [0.15, 0.2) is 12.4 Å². The van der Waals surface area contributed by atoms with Crippen molar-refractivity contribution < 1.29 is 19.2 Å². The van der Waals surface area contributed by atoms with Crippen LogP contribution in [0.2, 0.25) is 0 Å². The first-order valence-corrected chi connectivity index (χ1v) is 12.2. The zero-order chi connectivity index (χ0) is 27.4. The van der Waals surface area contributed by atoms with E-state index in [1.807, 2.05) is 57.2 Å². The van der Waals surface area contributed by atoms with Crippen LogP contribution in [0.15, 0.2) is 66.9 Å². The summed E-state index contributed by atoms with van der Waals surface area (Å²) < 4.78 is 13.2. The molecule has 9 heteroatoms. The number of carbonyl (C=O) groups is 1. The molecule has 0 atom stereocenters. The predicted molar refractivity (Wildman–Crippen MR) is 145 cm³/mol. The SMILES string of the molecule is Cc1cc(C)c(C)c(Oc2cc(NC(=O)c3ccn(COc4ccc(C(C)C)cc4)n3)cc([N+](=O)[O-])c2)c1. The highest BCUT2D eigenvalue weighted by atomic mass is 16.6. The molecule has 0 fully saturated rings. The summed E-state index contributed by atoms with van der Waals surface area (Å²) in [4.78, 5) is 23.9. The molecular formula is C29H30N4O5. The van der Waals surface area contributed by atoms with Crippen LogP contribution in [0.1, 0.15) is 52.5 Å². The summed E-state index contributed by atoms with van der Waals surface area (Å²) in [5.41, 5.74) is 4.35. The van der Waals surface area contributed by atoms with Crippen molar-refractivity contribution >= 4 is 17.3 Å². The van der Waals surface area contributed by atoms with E-state index in [0.717, 1.165) is 16.7 Å². The summed E-state index contributed by atoms with van der Waals surface area (Å²) in [6.45, 7) is 10.2. The van der Waals surface area contributed by atoms with E-state index >= 15 is 0 Å². The van der Waals surface area contributed by atoms with Gasteiger partial charge in [-0.05, 0) is 73.2 Å². The summed E-state index contributed by atoms with van der Waals surface area (Å²) in [5, 5.41) is 18.5. The van der Waals surface area contributed by atoms with Crippen molar-refractivity contribution in [3.8, 4) is 17.2 Å². The molecule has 1 aromatic heterocycles. The molecule has 0 saturated carbocycles. The van der Waals surface area contributed by atoms with Crippen molar-refractivity contribution in [1.29, 1.82) is 0 Å². The molecule has 0 saturated heterocycles. The maximum Gasteiger partial charge on any atom is 0.276 e. The molecule has 0 bridgehead atoms. The van der Waals surface area contributed by atoms with Gasteiger partial charge in [-0.25, -0.2) is 4.68 Å². The molecule has 38 heavy (non-hydrogen) atoms. The first-order valence-electron chi connectivity index (χ1n) is 12.2. The van der Waals surface area contributed by atoms with Crippen LogP contribution in [0, 0.1) is 30.9 Å². The number of aryl methyl sites for hydroxylation is 2. The first kappa shape index (κ1) is 26.4. The molecule has 4 rings (SSSR count). The third-order valence-electron chi connectivity index (χ3n) is 6.14. The van der Waals surface area contributed by atoms with Gasteiger partial charge in [0.25, 0.3) is 11.6 Å². The number of hydrogen-bond donors (Lipinski definition) is 1. The Labute approximate surface area is 221 Å². The molecule has 1 N–H and O–H groups in total. The zero-order valence-electron chi connectivity index (χ0n) is 22.0. The number of nitro groups is 1. The van der Waals surface area contributed by atoms with Gasteiger partial charge in [-0.1, -0.05) is 32.0 Å². The lowest BCUT2D eigenvalue weighted by Crippen LogP contribution is -2.14. The fourth-order valence-electron chi connectivity index (χ4n) is 3.89. The molecule has 0 unspecified atom stereocenters. The van der Waals surface area contributed by atoms with Gasteiger partial charge in [-0.15, -0.1) is 0 Å². The maximum atomic E-state index is 12.9. The number of rotatable bonds is 9. The number of aromatic nitrogens is 2. The highest BCUT2D eigenvalue weighted by Crippen LogP contribution is 2.33. The minimum atomic E-state index is -0.531. The third-order valence-corrected chi connectivity index (χ3v) is 6.14. The van der Waals surface area contributed by atoms with Crippen LogP contribution < -0.4 is 14.8 Å². The molecule has 196 valence electrons. The molecule has 4 aromatic rings. The number of ether oxygens (including phenoxy) is 2. The molecule has 1 heterocycles. The van der Waals surface area contributed by atoms with E-state index in [1.165, 1.54) is 22.4 Å². The standard InChI is InChI=1S/C29H30N4O5/c1-18(2)22-6-8-25(9-7-22)37-17-32-11-10-27(31-32)29(34)30-23-14-24(33(35)36)16-26(15-23)38-28-13-19(3)12-20(4)21(28)5/h6-16,18H,17H2,1-5H3,(H,30,34). The van der Waals surface area contributed by atoms with Crippen LogP contribution in [0.3, 0.4) is 0 Å². The van der Waals surface area contributed by atoms with Crippen LogP contribution in [0.25, 0.3) is 0 Å². The van der Waals surface area contributed by atoms with E-state index < -0.39 is 10.8 Å². The Morgan fingerprint density at radius 1 is 1.03 bits per heavy atom. The highest BCUT2D eigenvalue weighted by molar-refractivity contribution is 6.03. The van der Waals surface area contributed by atoms with E-state index in [9.17, 15) is 14.9 Å². The molecule has 0 aliphatic carbocycles. The summed E-state index contributed by atoms with van der Waals surface area (Å²) >= 11 is 0. The largest absolute Gasteiger partial charge is 0.471 e. The van der Waals surface area contributed by atoms with Gasteiger partial charge in [0, 0.05) is 18.3 Å². The Hall–Kier alpha value is -4.66. The molecular weight excluding hydrogens is 484 g/mol. The van der Waals surface area contributed by atoms with Gasteiger partial charge in [0.1, 0.15) is 17.2 Å². The van der Waals surface area contributed by atoms with Crippen LogP contribution in [0.4, 0.5) is 11.4 Å². The second kappa shape index (κ2) is 11.2. The Morgan fingerprint density at radius 3 is 2.45 bits per heavy atom. The molecule has 0 radical (unpaired) electrons. The number of anilines is 1. The summed E-state index contributed by atoms with van der Waals surface area (Å²) in [7, 11) is 0. The molecule has 1 amide bonds. The monoisotopic (exact) mass is 514 g/mol. The minimum absolute atomic E-state index is 0.123. The van der Waals surface area contributed by atoms with Crippen LogP contribution in [0.5, 0.6) is 17.2 Å². The normalized spacial score (nSPS) is 10.9. The average molecular weight is 515 g/mol. The molecule has 0 aliphatic rings. The summed E-state index contributed by atoms with van der Waals surface area (Å²) in [6, 6.07) is 17.4. The van der Waals surface area contributed by atoms with Gasteiger partial charge < -0.3 is 14.8 Å². The maximum absolute atomic E-state index is 12.9. The summed E-state index contributed by atoms with van der Waals surface area (Å²) in [6.07, 6.45) is 1.63. The lowest BCUT2D eigenvalue weighted by atomic mass is 10.0. The fourth-order valence-corrected chi connectivity index (χ4v) is 3.89. The van der Waals surface area contributed by atoms with E-state index in [2.05, 4.69) is 24.3 Å². The van der Waals surface area contributed by atoms with Crippen molar-refractivity contribution in [3.05, 3.63) is 105 Å². The lowest BCUT2D eigenvalue weighted by molar-refractivity contribution is -0.384.